The average molecular weight is 451 g/mol. The number of benzene rings is 2. The molecule has 1 heterocycles. The molecule has 2 amide bonds. The molecular weight excluding hydrogens is 416 g/mol. The number of unbranched alkanes of at least 4 members (excludes halogenated alkanes) is 1. The molecule has 0 aromatic heterocycles. The van der Waals surface area contributed by atoms with Gasteiger partial charge in [0, 0.05) is 31.0 Å². The number of carbonyl (C=O) groups is 2. The summed E-state index contributed by atoms with van der Waals surface area (Å²) in [7, 11) is 1.56. The van der Waals surface area contributed by atoms with Crippen LogP contribution in [0.25, 0.3) is 5.57 Å². The summed E-state index contributed by atoms with van der Waals surface area (Å²) in [6.07, 6.45) is 2.67. The van der Waals surface area contributed by atoms with Crippen molar-refractivity contribution in [2.45, 2.75) is 46.0 Å². The number of carbonyl (C=O) groups excluding carboxylic acids is 2. The van der Waals surface area contributed by atoms with Gasteiger partial charge in [-0.1, -0.05) is 57.5 Å². The number of ether oxygens (including phenoxy) is 2. The highest BCUT2D eigenvalue weighted by atomic mass is 16.5. The van der Waals surface area contributed by atoms with E-state index >= 15 is 0 Å². The number of hydrogen-bond donors (Lipinski definition) is 1. The van der Waals surface area contributed by atoms with Gasteiger partial charge in [0.15, 0.2) is 0 Å². The summed E-state index contributed by atoms with van der Waals surface area (Å²) in [4.78, 5) is 28.1. The molecule has 1 N–H and O–H groups in total. The average Bonchev–Trinajstić information content (AvgIpc) is 3.05. The zero-order valence-corrected chi connectivity index (χ0v) is 20.0. The van der Waals surface area contributed by atoms with Crippen molar-refractivity contribution < 1.29 is 19.1 Å². The van der Waals surface area contributed by atoms with Crippen molar-refractivity contribution in [3.63, 3.8) is 0 Å². The van der Waals surface area contributed by atoms with E-state index < -0.39 is 0 Å². The molecule has 2 aromatic rings. The Kier molecular flexibility index (Phi) is 8.66. The second kappa shape index (κ2) is 11.7. The van der Waals surface area contributed by atoms with E-state index in [1.165, 1.54) is 10.5 Å². The first-order valence-electron chi connectivity index (χ1n) is 11.7. The van der Waals surface area contributed by atoms with Gasteiger partial charge in [-0.15, -0.1) is 0 Å². The third-order valence-corrected chi connectivity index (χ3v) is 5.70. The van der Waals surface area contributed by atoms with Gasteiger partial charge >= 0.3 is 0 Å². The van der Waals surface area contributed by atoms with Crippen molar-refractivity contribution in [2.24, 2.45) is 0 Å². The first kappa shape index (κ1) is 24.5. The number of methoxy groups -OCH3 is 1. The Morgan fingerprint density at radius 2 is 1.64 bits per heavy atom. The minimum atomic E-state index is -0.331. The van der Waals surface area contributed by atoms with E-state index in [1.54, 1.807) is 19.2 Å². The van der Waals surface area contributed by atoms with Gasteiger partial charge in [-0.2, -0.15) is 0 Å². The van der Waals surface area contributed by atoms with Gasteiger partial charge in [0.25, 0.3) is 11.8 Å². The Hall–Kier alpha value is -3.12. The Balaban J connectivity index is 1.87. The van der Waals surface area contributed by atoms with Crippen LogP contribution in [0.15, 0.2) is 54.2 Å². The number of hydrogen-bond acceptors (Lipinski definition) is 5. The summed E-state index contributed by atoms with van der Waals surface area (Å²) < 4.78 is 11.1. The van der Waals surface area contributed by atoms with E-state index in [-0.39, 0.29) is 17.5 Å². The van der Waals surface area contributed by atoms with Crippen LogP contribution in [0.2, 0.25) is 0 Å². The maximum Gasteiger partial charge on any atom is 0.278 e. The lowest BCUT2D eigenvalue weighted by Gasteiger charge is -2.15. The van der Waals surface area contributed by atoms with Gasteiger partial charge in [0.1, 0.15) is 11.4 Å². The number of anilines is 1. The molecule has 0 saturated carbocycles. The molecular formula is C27H34N2O4. The van der Waals surface area contributed by atoms with Crippen LogP contribution in [0.4, 0.5) is 5.69 Å². The molecule has 0 bridgehead atoms. The first-order chi connectivity index (χ1) is 16.0. The van der Waals surface area contributed by atoms with Crippen LogP contribution in [0.3, 0.4) is 0 Å². The maximum absolute atomic E-state index is 13.4. The first-order valence-corrected chi connectivity index (χ1v) is 11.7. The van der Waals surface area contributed by atoms with Crippen molar-refractivity contribution in [2.75, 3.05) is 32.2 Å². The zero-order valence-electron chi connectivity index (χ0n) is 20.0. The van der Waals surface area contributed by atoms with Gasteiger partial charge < -0.3 is 14.8 Å². The highest BCUT2D eigenvalue weighted by Gasteiger charge is 2.39. The van der Waals surface area contributed by atoms with E-state index in [0.29, 0.717) is 49.0 Å². The Morgan fingerprint density at radius 3 is 2.30 bits per heavy atom. The molecule has 0 unspecified atom stereocenters. The Labute approximate surface area is 196 Å². The zero-order chi connectivity index (χ0) is 23.8. The van der Waals surface area contributed by atoms with Crippen LogP contribution in [0.1, 0.15) is 57.1 Å². The van der Waals surface area contributed by atoms with E-state index in [2.05, 4.69) is 26.1 Å². The Bertz CT molecular complexity index is 995. The maximum atomic E-state index is 13.4. The van der Waals surface area contributed by atoms with Crippen LogP contribution < -0.4 is 10.1 Å². The summed E-state index contributed by atoms with van der Waals surface area (Å²) in [5, 5.41) is 3.22. The smallest absolute Gasteiger partial charge is 0.278 e. The van der Waals surface area contributed by atoms with E-state index in [0.717, 1.165) is 18.5 Å². The minimum Gasteiger partial charge on any atom is -0.496 e. The fourth-order valence-corrected chi connectivity index (χ4v) is 3.76. The van der Waals surface area contributed by atoms with Crippen LogP contribution in [-0.2, 0) is 14.3 Å². The van der Waals surface area contributed by atoms with Crippen molar-refractivity contribution in [1.82, 2.24) is 4.90 Å². The second-order valence-corrected chi connectivity index (χ2v) is 8.43. The van der Waals surface area contributed by atoms with Crippen LogP contribution in [-0.4, -0.2) is 43.6 Å². The summed E-state index contributed by atoms with van der Waals surface area (Å²) in [5.41, 5.74) is 3.16. The highest BCUT2D eigenvalue weighted by Crippen LogP contribution is 2.35. The normalized spacial score (nSPS) is 13.9. The van der Waals surface area contributed by atoms with Crippen LogP contribution in [0, 0.1) is 0 Å². The molecule has 1 aliphatic heterocycles. The molecule has 0 aliphatic carbocycles. The molecule has 0 spiro atoms. The molecule has 0 saturated heterocycles. The van der Waals surface area contributed by atoms with Crippen molar-refractivity contribution in [3.8, 4) is 5.75 Å². The molecule has 33 heavy (non-hydrogen) atoms. The van der Waals surface area contributed by atoms with Crippen molar-refractivity contribution in [1.29, 1.82) is 0 Å². The number of rotatable bonds is 12. The molecule has 1 aliphatic rings. The molecule has 6 heteroatoms. The number of para-hydroxylation sites is 1. The minimum absolute atomic E-state index is 0.272. The molecule has 3 rings (SSSR count). The topological polar surface area (TPSA) is 67.9 Å². The van der Waals surface area contributed by atoms with Crippen molar-refractivity contribution >= 4 is 23.1 Å². The summed E-state index contributed by atoms with van der Waals surface area (Å²) in [6.45, 7) is 7.89. The number of nitrogens with zero attached hydrogens (tertiary/aromatic N) is 1. The number of imide groups is 1. The summed E-state index contributed by atoms with van der Waals surface area (Å²) >= 11 is 0. The predicted octanol–water partition coefficient (Wildman–Crippen LogP) is 5.22. The largest absolute Gasteiger partial charge is 0.496 e. The monoisotopic (exact) mass is 450 g/mol. The lowest BCUT2D eigenvalue weighted by atomic mass is 10.0. The SMILES string of the molecule is CCCCOCCCN1C(=O)C(Nc2ccc(C(C)C)cc2)=C(c2ccccc2OC)C1=O. The summed E-state index contributed by atoms with van der Waals surface area (Å²) in [6, 6.07) is 15.2. The van der Waals surface area contributed by atoms with Gasteiger partial charge in [0.2, 0.25) is 0 Å². The van der Waals surface area contributed by atoms with Gasteiger partial charge in [-0.05, 0) is 42.5 Å². The van der Waals surface area contributed by atoms with Gasteiger partial charge in [0.05, 0.1) is 12.7 Å². The number of nitrogens with one attached hydrogen (secondary N) is 1. The van der Waals surface area contributed by atoms with Crippen molar-refractivity contribution in [3.05, 3.63) is 65.4 Å². The third-order valence-electron chi connectivity index (χ3n) is 5.70. The quantitative estimate of drug-likeness (QED) is 0.355. The molecule has 6 nitrogen and oxygen atoms in total. The standard InChI is InChI=1S/C27H34N2O4/c1-5-6-17-33-18-9-16-29-26(30)24(22-10-7-8-11-23(22)32-4)25(27(29)31)28-21-14-12-20(13-15-21)19(2)3/h7-8,10-15,19,28H,5-6,9,16-18H2,1-4H3. The molecule has 2 aromatic carbocycles. The fraction of sp³-hybridized carbons (Fsp3) is 0.407. The lowest BCUT2D eigenvalue weighted by Crippen LogP contribution is -2.34. The predicted molar refractivity (Wildman–Crippen MR) is 131 cm³/mol. The van der Waals surface area contributed by atoms with E-state index in [1.807, 2.05) is 36.4 Å². The summed E-state index contributed by atoms with van der Waals surface area (Å²) in [5.74, 6) is 0.307. The van der Waals surface area contributed by atoms with Crippen LogP contribution in [0.5, 0.6) is 5.75 Å². The molecule has 0 fully saturated rings. The molecule has 176 valence electrons. The lowest BCUT2D eigenvalue weighted by molar-refractivity contribution is -0.137. The molecule has 0 radical (unpaired) electrons. The highest BCUT2D eigenvalue weighted by molar-refractivity contribution is 6.37. The number of amides is 2. The molecule has 0 atom stereocenters. The fourth-order valence-electron chi connectivity index (χ4n) is 3.76. The van der Waals surface area contributed by atoms with Gasteiger partial charge in [-0.25, -0.2) is 0 Å². The van der Waals surface area contributed by atoms with E-state index in [9.17, 15) is 9.59 Å². The second-order valence-electron chi connectivity index (χ2n) is 8.43. The third kappa shape index (κ3) is 5.82. The Morgan fingerprint density at radius 1 is 0.939 bits per heavy atom. The van der Waals surface area contributed by atoms with Gasteiger partial charge in [-0.3, -0.25) is 14.5 Å². The van der Waals surface area contributed by atoms with Crippen LogP contribution >= 0.6 is 0 Å². The van der Waals surface area contributed by atoms with E-state index in [4.69, 9.17) is 9.47 Å².